The molecular weight excluding hydrogens is 218 g/mol. The Labute approximate surface area is 92.4 Å². The van der Waals surface area contributed by atoms with Gasteiger partial charge in [-0.15, -0.1) is 0 Å². The summed E-state index contributed by atoms with van der Waals surface area (Å²) >= 11 is 5.81. The van der Waals surface area contributed by atoms with Gasteiger partial charge in [0, 0.05) is 12.8 Å². The number of hydrogen-bond acceptors (Lipinski definition) is 2. The standard InChI is InChI=1S/C10H12ClNO3/c1-6-8(2-3-15-6)12-5-7(11)4-9(12)10(13)14/h4-6,8H,2-3H2,1H3,(H,13,14). The minimum atomic E-state index is -0.957. The monoisotopic (exact) mass is 229 g/mol. The van der Waals surface area contributed by atoms with Gasteiger partial charge in [-0.2, -0.15) is 0 Å². The van der Waals surface area contributed by atoms with Crippen LogP contribution >= 0.6 is 11.6 Å². The quantitative estimate of drug-likeness (QED) is 0.846. The first kappa shape index (κ1) is 10.5. The maximum Gasteiger partial charge on any atom is 0.352 e. The first-order valence-corrected chi connectivity index (χ1v) is 5.19. The molecule has 2 rings (SSSR count). The van der Waals surface area contributed by atoms with Crippen LogP contribution in [0.25, 0.3) is 0 Å². The number of carboxylic acids is 1. The predicted molar refractivity (Wildman–Crippen MR) is 55.5 cm³/mol. The highest BCUT2D eigenvalue weighted by Gasteiger charge is 2.28. The average Bonchev–Trinajstić information content (AvgIpc) is 2.71. The molecule has 4 nitrogen and oxygen atoms in total. The molecule has 0 amide bonds. The maximum atomic E-state index is 11.0. The van der Waals surface area contributed by atoms with E-state index < -0.39 is 5.97 Å². The molecule has 1 aromatic rings. The smallest absolute Gasteiger partial charge is 0.352 e. The van der Waals surface area contributed by atoms with E-state index in [9.17, 15) is 4.79 Å². The summed E-state index contributed by atoms with van der Waals surface area (Å²) < 4.78 is 7.10. The summed E-state index contributed by atoms with van der Waals surface area (Å²) in [5.74, 6) is -0.957. The molecule has 1 aromatic heterocycles. The first-order chi connectivity index (χ1) is 7.09. The van der Waals surface area contributed by atoms with Gasteiger partial charge in [-0.3, -0.25) is 0 Å². The number of carbonyl (C=O) groups is 1. The number of hydrogen-bond donors (Lipinski definition) is 1. The van der Waals surface area contributed by atoms with E-state index in [0.29, 0.717) is 11.6 Å². The molecule has 1 N–H and O–H groups in total. The number of halogens is 1. The van der Waals surface area contributed by atoms with Crippen LogP contribution in [-0.4, -0.2) is 28.4 Å². The highest BCUT2D eigenvalue weighted by Crippen LogP contribution is 2.29. The molecule has 1 aliphatic heterocycles. The predicted octanol–water partition coefficient (Wildman–Crippen LogP) is 2.19. The third-order valence-electron chi connectivity index (χ3n) is 2.73. The van der Waals surface area contributed by atoms with Crippen molar-refractivity contribution in [3.05, 3.63) is 23.0 Å². The Morgan fingerprint density at radius 2 is 2.47 bits per heavy atom. The third-order valence-corrected chi connectivity index (χ3v) is 2.93. The summed E-state index contributed by atoms with van der Waals surface area (Å²) in [7, 11) is 0. The van der Waals surface area contributed by atoms with E-state index in [0.717, 1.165) is 6.42 Å². The van der Waals surface area contributed by atoms with Crippen LogP contribution < -0.4 is 0 Å². The van der Waals surface area contributed by atoms with Crippen molar-refractivity contribution < 1.29 is 14.6 Å². The lowest BCUT2D eigenvalue weighted by molar-refractivity contribution is 0.0675. The fourth-order valence-corrected chi connectivity index (χ4v) is 2.19. The van der Waals surface area contributed by atoms with Crippen LogP contribution in [0.2, 0.25) is 5.02 Å². The highest BCUT2D eigenvalue weighted by atomic mass is 35.5. The Balaban J connectivity index is 2.38. The summed E-state index contributed by atoms with van der Waals surface area (Å²) in [5.41, 5.74) is 0.224. The van der Waals surface area contributed by atoms with Crippen LogP contribution in [0, 0.1) is 0 Å². The SMILES string of the molecule is CC1OCCC1n1cc(Cl)cc1C(=O)O. The van der Waals surface area contributed by atoms with E-state index in [1.807, 2.05) is 6.92 Å². The number of aromatic carboxylic acids is 1. The van der Waals surface area contributed by atoms with Crippen molar-refractivity contribution in [3.63, 3.8) is 0 Å². The number of ether oxygens (including phenoxy) is 1. The van der Waals surface area contributed by atoms with E-state index in [1.165, 1.54) is 6.07 Å². The van der Waals surface area contributed by atoms with Gasteiger partial charge in [0.05, 0.1) is 17.2 Å². The summed E-state index contributed by atoms with van der Waals surface area (Å²) in [6.45, 7) is 2.61. The summed E-state index contributed by atoms with van der Waals surface area (Å²) in [6, 6.07) is 1.54. The van der Waals surface area contributed by atoms with Gasteiger partial charge in [0.25, 0.3) is 0 Å². The van der Waals surface area contributed by atoms with Crippen molar-refractivity contribution in [1.82, 2.24) is 4.57 Å². The summed E-state index contributed by atoms with van der Waals surface area (Å²) in [6.07, 6.45) is 2.51. The topological polar surface area (TPSA) is 51.5 Å². The van der Waals surface area contributed by atoms with E-state index in [1.54, 1.807) is 10.8 Å². The fourth-order valence-electron chi connectivity index (χ4n) is 1.98. The lowest BCUT2D eigenvalue weighted by Crippen LogP contribution is -2.19. The van der Waals surface area contributed by atoms with Gasteiger partial charge in [-0.25, -0.2) is 4.79 Å². The Morgan fingerprint density at radius 1 is 1.73 bits per heavy atom. The molecule has 1 aliphatic rings. The third kappa shape index (κ3) is 1.87. The molecule has 2 heterocycles. The van der Waals surface area contributed by atoms with Gasteiger partial charge in [0.1, 0.15) is 5.69 Å². The second-order valence-electron chi connectivity index (χ2n) is 3.69. The molecule has 1 saturated heterocycles. The zero-order valence-corrected chi connectivity index (χ0v) is 9.07. The van der Waals surface area contributed by atoms with E-state index in [-0.39, 0.29) is 17.8 Å². The molecule has 2 unspecified atom stereocenters. The normalized spacial score (nSPS) is 25.7. The van der Waals surface area contributed by atoms with Crippen LogP contribution in [0.1, 0.15) is 29.9 Å². The molecule has 82 valence electrons. The molecule has 0 bridgehead atoms. The van der Waals surface area contributed by atoms with E-state index >= 15 is 0 Å². The van der Waals surface area contributed by atoms with Crippen LogP contribution in [0.3, 0.4) is 0 Å². The second kappa shape index (κ2) is 3.87. The molecule has 0 radical (unpaired) electrons. The molecule has 0 aromatic carbocycles. The molecule has 15 heavy (non-hydrogen) atoms. The summed E-state index contributed by atoms with van der Waals surface area (Å²) in [5, 5.41) is 9.46. The highest BCUT2D eigenvalue weighted by molar-refractivity contribution is 6.30. The minimum Gasteiger partial charge on any atom is -0.477 e. The molecule has 0 saturated carbocycles. The second-order valence-corrected chi connectivity index (χ2v) is 4.12. The van der Waals surface area contributed by atoms with Gasteiger partial charge < -0.3 is 14.4 Å². The zero-order valence-electron chi connectivity index (χ0n) is 8.31. The lowest BCUT2D eigenvalue weighted by Gasteiger charge is -2.17. The van der Waals surface area contributed by atoms with Gasteiger partial charge in [-0.1, -0.05) is 11.6 Å². The van der Waals surface area contributed by atoms with Crippen molar-refractivity contribution in [2.24, 2.45) is 0 Å². The lowest BCUT2D eigenvalue weighted by atomic mass is 10.1. The van der Waals surface area contributed by atoms with Crippen molar-refractivity contribution >= 4 is 17.6 Å². The van der Waals surface area contributed by atoms with Crippen molar-refractivity contribution in [1.29, 1.82) is 0 Å². The minimum absolute atomic E-state index is 0.0339. The van der Waals surface area contributed by atoms with Gasteiger partial charge in [0.15, 0.2) is 0 Å². The van der Waals surface area contributed by atoms with Crippen molar-refractivity contribution in [2.45, 2.75) is 25.5 Å². The van der Waals surface area contributed by atoms with Crippen LogP contribution in [-0.2, 0) is 4.74 Å². The number of rotatable bonds is 2. The molecule has 5 heteroatoms. The summed E-state index contributed by atoms with van der Waals surface area (Å²) in [4.78, 5) is 11.0. The molecule has 0 aliphatic carbocycles. The average molecular weight is 230 g/mol. The molecular formula is C10H12ClNO3. The maximum absolute atomic E-state index is 11.0. The Bertz CT molecular complexity index is 388. The Kier molecular flexibility index (Phi) is 2.71. The van der Waals surface area contributed by atoms with Gasteiger partial charge in [-0.05, 0) is 19.4 Å². The van der Waals surface area contributed by atoms with Crippen LogP contribution in [0.5, 0.6) is 0 Å². The molecule has 2 atom stereocenters. The first-order valence-electron chi connectivity index (χ1n) is 4.82. The largest absolute Gasteiger partial charge is 0.477 e. The number of carboxylic acid groups (broad SMARTS) is 1. The van der Waals surface area contributed by atoms with E-state index in [4.69, 9.17) is 21.4 Å². The fraction of sp³-hybridized carbons (Fsp3) is 0.500. The zero-order chi connectivity index (χ0) is 11.0. The van der Waals surface area contributed by atoms with Crippen LogP contribution in [0.15, 0.2) is 12.3 Å². The van der Waals surface area contributed by atoms with Crippen molar-refractivity contribution in [2.75, 3.05) is 6.61 Å². The van der Waals surface area contributed by atoms with Gasteiger partial charge >= 0.3 is 5.97 Å². The van der Waals surface area contributed by atoms with E-state index in [2.05, 4.69) is 0 Å². The number of nitrogens with zero attached hydrogens (tertiary/aromatic N) is 1. The molecule has 0 spiro atoms. The van der Waals surface area contributed by atoms with Gasteiger partial charge in [0.2, 0.25) is 0 Å². The Hall–Kier alpha value is -1.00. The Morgan fingerprint density at radius 3 is 3.00 bits per heavy atom. The van der Waals surface area contributed by atoms with Crippen LogP contribution in [0.4, 0.5) is 0 Å². The number of aromatic nitrogens is 1. The molecule has 1 fully saturated rings. The van der Waals surface area contributed by atoms with Crippen molar-refractivity contribution in [3.8, 4) is 0 Å².